The third-order valence-corrected chi connectivity index (χ3v) is 5.57. The van der Waals surface area contributed by atoms with E-state index < -0.39 is 0 Å². The number of hydrogen-bond acceptors (Lipinski definition) is 4. The van der Waals surface area contributed by atoms with Crippen LogP contribution in [0.25, 0.3) is 0 Å². The van der Waals surface area contributed by atoms with Crippen molar-refractivity contribution in [2.75, 3.05) is 33.0 Å². The van der Waals surface area contributed by atoms with Crippen molar-refractivity contribution in [1.82, 2.24) is 9.80 Å². The number of ether oxygens (including phenoxy) is 2. The minimum Gasteiger partial charge on any atom is -0.454 e. The van der Waals surface area contributed by atoms with E-state index in [1.807, 2.05) is 23.1 Å². The molecule has 0 N–H and O–H groups in total. The average Bonchev–Trinajstić information content (AvgIpc) is 3.23. The Balaban J connectivity index is 1.27. The summed E-state index contributed by atoms with van der Waals surface area (Å²) in [6.07, 6.45) is 2.26. The highest BCUT2D eigenvalue weighted by Gasteiger charge is 2.27. The van der Waals surface area contributed by atoms with Gasteiger partial charge in [0.25, 0.3) is 5.91 Å². The molecule has 2 aliphatic heterocycles. The van der Waals surface area contributed by atoms with Gasteiger partial charge >= 0.3 is 0 Å². The van der Waals surface area contributed by atoms with Crippen LogP contribution in [-0.4, -0.2) is 54.6 Å². The molecule has 2 aromatic rings. The van der Waals surface area contributed by atoms with Crippen molar-refractivity contribution in [1.29, 1.82) is 0 Å². The monoisotopic (exact) mass is 414 g/mol. The number of carbonyl (C=O) groups excluding carboxylic acids is 2. The van der Waals surface area contributed by atoms with E-state index in [1.54, 1.807) is 17.0 Å². The summed E-state index contributed by atoms with van der Waals surface area (Å²) in [7, 11) is 0. The number of carbonyl (C=O) groups is 2. The van der Waals surface area contributed by atoms with Gasteiger partial charge in [-0.2, -0.15) is 0 Å². The van der Waals surface area contributed by atoms with Crippen molar-refractivity contribution >= 4 is 23.4 Å². The van der Waals surface area contributed by atoms with Crippen LogP contribution < -0.4 is 9.47 Å². The molecule has 0 aromatic heterocycles. The third-order valence-electron chi connectivity index (χ3n) is 5.29. The Morgan fingerprint density at radius 2 is 1.69 bits per heavy atom. The zero-order valence-electron chi connectivity index (χ0n) is 16.1. The number of amides is 2. The van der Waals surface area contributed by atoms with Crippen molar-refractivity contribution < 1.29 is 19.1 Å². The molecule has 0 unspecified atom stereocenters. The van der Waals surface area contributed by atoms with Gasteiger partial charge in [-0.05, 0) is 30.5 Å². The number of nitrogens with zero attached hydrogens (tertiary/aromatic N) is 2. The average molecular weight is 415 g/mol. The van der Waals surface area contributed by atoms with Crippen LogP contribution in [0.2, 0.25) is 5.02 Å². The highest BCUT2D eigenvalue weighted by Crippen LogP contribution is 2.40. The van der Waals surface area contributed by atoms with Crippen molar-refractivity contribution in [3.63, 3.8) is 0 Å². The van der Waals surface area contributed by atoms with Gasteiger partial charge in [-0.15, -0.1) is 0 Å². The third kappa shape index (κ3) is 4.48. The predicted octanol–water partition coefficient (Wildman–Crippen LogP) is 3.38. The van der Waals surface area contributed by atoms with Gasteiger partial charge in [0, 0.05) is 38.2 Å². The van der Waals surface area contributed by atoms with Crippen molar-refractivity contribution in [2.24, 2.45) is 0 Å². The predicted molar refractivity (Wildman–Crippen MR) is 109 cm³/mol. The number of hydrogen-bond donors (Lipinski definition) is 0. The van der Waals surface area contributed by atoms with Crippen LogP contribution in [0.4, 0.5) is 0 Å². The van der Waals surface area contributed by atoms with Gasteiger partial charge in [-0.25, -0.2) is 0 Å². The van der Waals surface area contributed by atoms with Gasteiger partial charge in [0.1, 0.15) is 0 Å². The molecule has 0 spiro atoms. The van der Waals surface area contributed by atoms with E-state index in [0.717, 1.165) is 12.8 Å². The van der Waals surface area contributed by atoms with E-state index in [1.165, 1.54) is 5.56 Å². The largest absolute Gasteiger partial charge is 0.454 e. The van der Waals surface area contributed by atoms with Gasteiger partial charge in [0.05, 0.1) is 5.02 Å². The van der Waals surface area contributed by atoms with E-state index in [9.17, 15) is 9.59 Å². The quantitative estimate of drug-likeness (QED) is 0.752. The Bertz CT molecular complexity index is 895. The molecule has 0 aliphatic carbocycles. The molecule has 0 radical (unpaired) electrons. The summed E-state index contributed by atoms with van der Waals surface area (Å²) >= 11 is 6.19. The molecule has 2 aliphatic rings. The summed E-state index contributed by atoms with van der Waals surface area (Å²) in [5.74, 6) is 1.02. The fourth-order valence-corrected chi connectivity index (χ4v) is 3.94. The van der Waals surface area contributed by atoms with Crippen LogP contribution in [-0.2, 0) is 11.2 Å². The zero-order valence-corrected chi connectivity index (χ0v) is 16.9. The first-order valence-electron chi connectivity index (χ1n) is 9.82. The van der Waals surface area contributed by atoms with Crippen LogP contribution in [0.15, 0.2) is 42.5 Å². The first kappa shape index (κ1) is 19.6. The maximum absolute atomic E-state index is 12.8. The Kier molecular flexibility index (Phi) is 5.90. The number of aryl methyl sites for hydroxylation is 1. The number of halogens is 1. The maximum Gasteiger partial charge on any atom is 0.254 e. The molecule has 4 rings (SSSR count). The summed E-state index contributed by atoms with van der Waals surface area (Å²) in [5, 5.41) is 0.371. The van der Waals surface area contributed by atoms with E-state index in [0.29, 0.717) is 54.7 Å². The van der Waals surface area contributed by atoms with Gasteiger partial charge in [-0.1, -0.05) is 41.9 Å². The second kappa shape index (κ2) is 8.74. The highest BCUT2D eigenvalue weighted by molar-refractivity contribution is 6.32. The Morgan fingerprint density at radius 1 is 0.966 bits per heavy atom. The lowest BCUT2D eigenvalue weighted by molar-refractivity contribution is -0.132. The maximum atomic E-state index is 12.8. The first-order valence-corrected chi connectivity index (χ1v) is 10.2. The smallest absolute Gasteiger partial charge is 0.254 e. The topological polar surface area (TPSA) is 59.1 Å². The molecule has 0 atom stereocenters. The van der Waals surface area contributed by atoms with Crippen molar-refractivity contribution in [2.45, 2.75) is 19.3 Å². The lowest BCUT2D eigenvalue weighted by Crippen LogP contribution is -2.50. The molecule has 6 nitrogen and oxygen atoms in total. The Labute approximate surface area is 174 Å². The van der Waals surface area contributed by atoms with Crippen LogP contribution in [0.5, 0.6) is 11.5 Å². The summed E-state index contributed by atoms with van der Waals surface area (Å²) < 4.78 is 10.6. The van der Waals surface area contributed by atoms with Crippen molar-refractivity contribution in [3.8, 4) is 11.5 Å². The second-order valence-corrected chi connectivity index (χ2v) is 7.61. The van der Waals surface area contributed by atoms with Crippen LogP contribution >= 0.6 is 11.6 Å². The molecule has 1 fully saturated rings. The number of rotatable bonds is 5. The zero-order chi connectivity index (χ0) is 20.2. The van der Waals surface area contributed by atoms with E-state index in [-0.39, 0.29) is 18.6 Å². The SMILES string of the molecule is O=C(CCCc1ccccc1)N1CCN(C(=O)c2cc(Cl)c3c(c2)OCO3)CC1. The van der Waals surface area contributed by atoms with Crippen LogP contribution in [0.1, 0.15) is 28.8 Å². The van der Waals surface area contributed by atoms with Crippen LogP contribution in [0, 0.1) is 0 Å². The van der Waals surface area contributed by atoms with Crippen LogP contribution in [0.3, 0.4) is 0 Å². The summed E-state index contributed by atoms with van der Waals surface area (Å²) in [5.41, 5.74) is 1.72. The molecular weight excluding hydrogens is 392 g/mol. The normalized spacial score (nSPS) is 15.5. The number of benzene rings is 2. The lowest BCUT2D eigenvalue weighted by atomic mass is 10.1. The standard InChI is InChI=1S/C22H23ClN2O4/c23-18-13-17(14-19-21(18)29-15-28-19)22(27)25-11-9-24(10-12-25)20(26)8-4-7-16-5-2-1-3-6-16/h1-3,5-6,13-14H,4,7-12,15H2. The summed E-state index contributed by atoms with van der Waals surface area (Å²) in [6.45, 7) is 2.23. The van der Waals surface area contributed by atoms with Gasteiger partial charge < -0.3 is 19.3 Å². The molecule has 1 saturated heterocycles. The Hall–Kier alpha value is -2.73. The minimum absolute atomic E-state index is 0.109. The van der Waals surface area contributed by atoms with E-state index >= 15 is 0 Å². The van der Waals surface area contributed by atoms with E-state index in [4.69, 9.17) is 21.1 Å². The molecule has 0 bridgehead atoms. The van der Waals surface area contributed by atoms with Gasteiger partial charge in [0.15, 0.2) is 11.5 Å². The number of fused-ring (bicyclic) bond motifs is 1. The highest BCUT2D eigenvalue weighted by atomic mass is 35.5. The second-order valence-electron chi connectivity index (χ2n) is 7.20. The first-order chi connectivity index (χ1) is 14.1. The lowest BCUT2D eigenvalue weighted by Gasteiger charge is -2.35. The molecule has 152 valence electrons. The Morgan fingerprint density at radius 3 is 2.45 bits per heavy atom. The fraction of sp³-hybridized carbons (Fsp3) is 0.364. The molecular formula is C22H23ClN2O4. The van der Waals surface area contributed by atoms with Gasteiger partial charge in [-0.3, -0.25) is 9.59 Å². The molecule has 2 aromatic carbocycles. The van der Waals surface area contributed by atoms with Gasteiger partial charge in [0.2, 0.25) is 12.7 Å². The summed E-state index contributed by atoms with van der Waals surface area (Å²) in [6, 6.07) is 13.5. The molecule has 2 amide bonds. The van der Waals surface area contributed by atoms with Crippen molar-refractivity contribution in [3.05, 3.63) is 58.6 Å². The fourth-order valence-electron chi connectivity index (χ4n) is 3.68. The number of piperazine rings is 1. The molecule has 0 saturated carbocycles. The molecule has 29 heavy (non-hydrogen) atoms. The molecule has 7 heteroatoms. The van der Waals surface area contributed by atoms with E-state index in [2.05, 4.69) is 12.1 Å². The summed E-state index contributed by atoms with van der Waals surface area (Å²) in [4.78, 5) is 28.9. The minimum atomic E-state index is -0.110. The molecule has 2 heterocycles.